The van der Waals surface area contributed by atoms with Crippen LogP contribution in [0.4, 0.5) is 11.5 Å². The fraction of sp³-hybridized carbons (Fsp3) is 0. The average molecular weight is 160 g/mol. The molecule has 4 N–H and O–H groups in total. The SMILES string of the molecule is N#Cc1nc(N)c(N)c(C#N)n1. The van der Waals surface area contributed by atoms with Crippen molar-refractivity contribution in [3.8, 4) is 12.1 Å². The zero-order valence-corrected chi connectivity index (χ0v) is 5.94. The number of anilines is 2. The fourth-order valence-corrected chi connectivity index (χ4v) is 0.622. The highest BCUT2D eigenvalue weighted by atomic mass is 15.0. The van der Waals surface area contributed by atoms with Crippen molar-refractivity contribution in [3.05, 3.63) is 11.5 Å². The molecule has 0 aliphatic heterocycles. The van der Waals surface area contributed by atoms with Gasteiger partial charge in [-0.1, -0.05) is 0 Å². The normalized spacial score (nSPS) is 8.50. The van der Waals surface area contributed by atoms with Gasteiger partial charge in [-0.3, -0.25) is 0 Å². The minimum atomic E-state index is -0.154. The molecule has 0 aliphatic rings. The van der Waals surface area contributed by atoms with Crippen LogP contribution < -0.4 is 11.5 Å². The highest BCUT2D eigenvalue weighted by Crippen LogP contribution is 2.14. The molecular weight excluding hydrogens is 156 g/mol. The van der Waals surface area contributed by atoms with Crippen molar-refractivity contribution in [2.75, 3.05) is 11.5 Å². The van der Waals surface area contributed by atoms with Crippen LogP contribution in [0.5, 0.6) is 0 Å². The van der Waals surface area contributed by atoms with Crippen LogP contribution in [0.3, 0.4) is 0 Å². The number of rotatable bonds is 0. The van der Waals surface area contributed by atoms with Crippen LogP contribution >= 0.6 is 0 Å². The number of nitriles is 2. The molecule has 0 spiro atoms. The second-order valence-electron chi connectivity index (χ2n) is 1.92. The fourth-order valence-electron chi connectivity index (χ4n) is 0.622. The van der Waals surface area contributed by atoms with Gasteiger partial charge in [0.25, 0.3) is 0 Å². The minimum Gasteiger partial charge on any atom is -0.393 e. The molecule has 1 heterocycles. The summed E-state index contributed by atoms with van der Waals surface area (Å²) >= 11 is 0. The van der Waals surface area contributed by atoms with E-state index in [1.165, 1.54) is 0 Å². The van der Waals surface area contributed by atoms with Crippen molar-refractivity contribution in [1.29, 1.82) is 10.5 Å². The molecule has 0 unspecified atom stereocenters. The van der Waals surface area contributed by atoms with Crippen LogP contribution in [0.1, 0.15) is 11.5 Å². The summed E-state index contributed by atoms with van der Waals surface area (Å²) in [6.45, 7) is 0. The lowest BCUT2D eigenvalue weighted by Gasteiger charge is -1.98. The smallest absolute Gasteiger partial charge is 0.235 e. The molecule has 0 saturated heterocycles. The first-order valence-corrected chi connectivity index (χ1v) is 2.92. The maximum Gasteiger partial charge on any atom is 0.235 e. The summed E-state index contributed by atoms with van der Waals surface area (Å²) in [5.74, 6) is -0.198. The molecule has 1 aromatic rings. The third-order valence-corrected chi connectivity index (χ3v) is 1.18. The van der Waals surface area contributed by atoms with E-state index in [2.05, 4.69) is 9.97 Å². The average Bonchev–Trinajstić information content (AvgIpc) is 2.09. The molecule has 0 bridgehead atoms. The first-order valence-electron chi connectivity index (χ1n) is 2.92. The summed E-state index contributed by atoms with van der Waals surface area (Å²) in [6, 6.07) is 3.36. The van der Waals surface area contributed by atoms with Gasteiger partial charge in [0.2, 0.25) is 5.82 Å². The lowest BCUT2D eigenvalue weighted by Crippen LogP contribution is -2.05. The standard InChI is InChI=1S/C6H4N6/c7-1-3-5(9)6(10)12-4(2-8)11-3/h9H2,(H2,10,11,12). The summed E-state index contributed by atoms with van der Waals surface area (Å²) in [5, 5.41) is 16.9. The van der Waals surface area contributed by atoms with Crippen molar-refractivity contribution in [1.82, 2.24) is 9.97 Å². The highest BCUT2D eigenvalue weighted by Gasteiger charge is 2.07. The Kier molecular flexibility index (Phi) is 1.76. The molecule has 0 fully saturated rings. The predicted octanol–water partition coefficient (Wildman–Crippen LogP) is -0.616. The summed E-state index contributed by atoms with van der Waals surface area (Å²) < 4.78 is 0. The van der Waals surface area contributed by atoms with Crippen molar-refractivity contribution in [3.63, 3.8) is 0 Å². The van der Waals surface area contributed by atoms with Crippen molar-refractivity contribution >= 4 is 11.5 Å². The Balaban J connectivity index is 3.44. The molecule has 0 saturated carbocycles. The lowest BCUT2D eigenvalue weighted by atomic mass is 10.3. The van der Waals surface area contributed by atoms with E-state index in [-0.39, 0.29) is 23.0 Å². The minimum absolute atomic E-state index is 0.0106. The Hall–Kier alpha value is -2.34. The zero-order chi connectivity index (χ0) is 9.14. The summed E-state index contributed by atoms with van der Waals surface area (Å²) in [7, 11) is 0. The molecule has 0 atom stereocenters. The monoisotopic (exact) mass is 160 g/mol. The molecule has 0 aliphatic carbocycles. The van der Waals surface area contributed by atoms with Crippen LogP contribution in [-0.2, 0) is 0 Å². The Labute approximate surface area is 68.1 Å². The number of nitrogen functional groups attached to an aromatic ring is 2. The van der Waals surface area contributed by atoms with Gasteiger partial charge < -0.3 is 11.5 Å². The van der Waals surface area contributed by atoms with Gasteiger partial charge in [-0.2, -0.15) is 15.5 Å². The molecule has 58 valence electrons. The Morgan fingerprint density at radius 1 is 1.08 bits per heavy atom. The third kappa shape index (κ3) is 1.09. The third-order valence-electron chi connectivity index (χ3n) is 1.18. The second-order valence-corrected chi connectivity index (χ2v) is 1.92. The first-order chi connectivity index (χ1) is 5.69. The molecule has 6 heteroatoms. The van der Waals surface area contributed by atoms with E-state index >= 15 is 0 Å². The Morgan fingerprint density at radius 2 is 1.75 bits per heavy atom. The first kappa shape index (κ1) is 7.76. The second kappa shape index (κ2) is 2.72. The van der Waals surface area contributed by atoms with E-state index in [1.807, 2.05) is 0 Å². The van der Waals surface area contributed by atoms with Crippen molar-refractivity contribution in [2.24, 2.45) is 0 Å². The molecule has 0 radical (unpaired) electrons. The van der Waals surface area contributed by atoms with Gasteiger partial charge in [0, 0.05) is 0 Å². The summed E-state index contributed by atoms with van der Waals surface area (Å²) in [6.07, 6.45) is 0. The molecule has 1 aromatic heterocycles. The Bertz CT molecular complexity index is 396. The number of aromatic nitrogens is 2. The van der Waals surface area contributed by atoms with E-state index in [0.29, 0.717) is 0 Å². The van der Waals surface area contributed by atoms with Crippen LogP contribution in [0.2, 0.25) is 0 Å². The van der Waals surface area contributed by atoms with Gasteiger partial charge in [-0.25, -0.2) is 4.98 Å². The van der Waals surface area contributed by atoms with Crippen LogP contribution in [-0.4, -0.2) is 9.97 Å². The van der Waals surface area contributed by atoms with Crippen molar-refractivity contribution < 1.29 is 0 Å². The van der Waals surface area contributed by atoms with E-state index in [0.717, 1.165) is 0 Å². The summed E-state index contributed by atoms with van der Waals surface area (Å²) in [4.78, 5) is 7.06. The zero-order valence-electron chi connectivity index (χ0n) is 5.94. The van der Waals surface area contributed by atoms with Gasteiger partial charge in [0.1, 0.15) is 17.8 Å². The molecule has 6 nitrogen and oxygen atoms in total. The number of hydrogen-bond acceptors (Lipinski definition) is 6. The lowest BCUT2D eigenvalue weighted by molar-refractivity contribution is 1.10. The molecule has 0 amide bonds. The van der Waals surface area contributed by atoms with E-state index in [4.69, 9.17) is 22.0 Å². The number of nitrogens with zero attached hydrogens (tertiary/aromatic N) is 4. The van der Waals surface area contributed by atoms with E-state index in [9.17, 15) is 0 Å². The summed E-state index contributed by atoms with van der Waals surface area (Å²) in [5.41, 5.74) is 10.6. The topological polar surface area (TPSA) is 125 Å². The maximum atomic E-state index is 8.48. The van der Waals surface area contributed by atoms with Crippen LogP contribution in [0.25, 0.3) is 0 Å². The quantitative estimate of drug-likeness (QED) is 0.521. The van der Waals surface area contributed by atoms with Crippen LogP contribution in [0.15, 0.2) is 0 Å². The van der Waals surface area contributed by atoms with E-state index in [1.54, 1.807) is 12.1 Å². The number of nitrogens with two attached hydrogens (primary N) is 2. The molecule has 12 heavy (non-hydrogen) atoms. The highest BCUT2D eigenvalue weighted by molar-refractivity contribution is 5.64. The van der Waals surface area contributed by atoms with Gasteiger partial charge in [-0.15, -0.1) is 0 Å². The Morgan fingerprint density at radius 3 is 2.25 bits per heavy atom. The predicted molar refractivity (Wildman–Crippen MR) is 40.3 cm³/mol. The maximum absolute atomic E-state index is 8.48. The number of hydrogen-bond donors (Lipinski definition) is 2. The van der Waals surface area contributed by atoms with Gasteiger partial charge >= 0.3 is 0 Å². The van der Waals surface area contributed by atoms with E-state index < -0.39 is 0 Å². The van der Waals surface area contributed by atoms with Gasteiger partial charge in [0.15, 0.2) is 11.5 Å². The molecule has 1 rings (SSSR count). The molecular formula is C6H4N6. The van der Waals surface area contributed by atoms with Crippen molar-refractivity contribution in [2.45, 2.75) is 0 Å². The largest absolute Gasteiger partial charge is 0.393 e. The van der Waals surface area contributed by atoms with Gasteiger partial charge in [0.05, 0.1) is 0 Å². The van der Waals surface area contributed by atoms with Gasteiger partial charge in [-0.05, 0) is 0 Å². The van der Waals surface area contributed by atoms with Crippen LogP contribution in [0, 0.1) is 22.7 Å². The molecule has 0 aromatic carbocycles.